The van der Waals surface area contributed by atoms with E-state index in [0.717, 1.165) is 0 Å². The molecule has 1 saturated carbocycles. The number of benzene rings is 1. The molecule has 1 aliphatic carbocycles. The predicted octanol–water partition coefficient (Wildman–Crippen LogP) is 1.34. The van der Waals surface area contributed by atoms with Crippen molar-refractivity contribution < 1.29 is 19.5 Å². The van der Waals surface area contributed by atoms with Crippen LogP contribution in [0.4, 0.5) is 5.69 Å². The van der Waals surface area contributed by atoms with E-state index in [-0.39, 0.29) is 11.8 Å². The van der Waals surface area contributed by atoms with Crippen LogP contribution in [0.25, 0.3) is 0 Å². The minimum Gasteiger partial charge on any atom is -0.481 e. The Morgan fingerprint density at radius 2 is 1.76 bits per heavy atom. The molecule has 3 N–H and O–H groups in total. The van der Waals surface area contributed by atoms with Gasteiger partial charge in [0.05, 0.1) is 23.1 Å². The van der Waals surface area contributed by atoms with E-state index in [9.17, 15) is 14.4 Å². The highest BCUT2D eigenvalue weighted by molar-refractivity contribution is 6.06. The number of nitrogens with one attached hydrogen (secondary N) is 2. The fourth-order valence-electron chi connectivity index (χ4n) is 2.72. The normalized spacial score (nSPS) is 22.2. The number of carboxylic acid groups (broad SMARTS) is 1. The molecule has 1 aromatic carbocycles. The van der Waals surface area contributed by atoms with E-state index in [2.05, 4.69) is 10.6 Å². The second-order valence-corrected chi connectivity index (χ2v) is 5.73. The van der Waals surface area contributed by atoms with Crippen LogP contribution >= 0.6 is 0 Å². The van der Waals surface area contributed by atoms with Crippen molar-refractivity contribution in [3.05, 3.63) is 29.8 Å². The summed E-state index contributed by atoms with van der Waals surface area (Å²) in [4.78, 5) is 35.1. The number of para-hydroxylation sites is 1. The number of anilines is 1. The largest absolute Gasteiger partial charge is 0.481 e. The molecule has 1 fully saturated rings. The molecule has 6 nitrogen and oxygen atoms in total. The van der Waals surface area contributed by atoms with E-state index in [1.807, 2.05) is 0 Å². The summed E-state index contributed by atoms with van der Waals surface area (Å²) < 4.78 is 0. The Balaban J connectivity index is 2.19. The van der Waals surface area contributed by atoms with Gasteiger partial charge in [-0.3, -0.25) is 14.4 Å². The highest BCUT2D eigenvalue weighted by Crippen LogP contribution is 2.58. The lowest BCUT2D eigenvalue weighted by Gasteiger charge is -2.10. The van der Waals surface area contributed by atoms with Crippen LogP contribution in [-0.4, -0.2) is 29.9 Å². The molecular weight excluding hydrogens is 272 g/mol. The van der Waals surface area contributed by atoms with Gasteiger partial charge in [0.25, 0.3) is 5.91 Å². The molecule has 0 bridgehead atoms. The summed E-state index contributed by atoms with van der Waals surface area (Å²) in [5, 5.41) is 14.3. The molecule has 6 heteroatoms. The Hall–Kier alpha value is -2.37. The Bertz CT molecular complexity index is 609. The number of hydrogen-bond donors (Lipinski definition) is 3. The summed E-state index contributed by atoms with van der Waals surface area (Å²) in [6.07, 6.45) is 0. The first-order valence-corrected chi connectivity index (χ1v) is 6.65. The lowest BCUT2D eigenvalue weighted by molar-refractivity contribution is -0.140. The summed E-state index contributed by atoms with van der Waals surface area (Å²) in [5.41, 5.74) is 0.157. The molecular formula is C15H18N2O4. The van der Waals surface area contributed by atoms with Gasteiger partial charge in [-0.2, -0.15) is 0 Å². The number of carbonyl (C=O) groups is 3. The van der Waals surface area contributed by atoms with Crippen LogP contribution in [0.5, 0.6) is 0 Å². The summed E-state index contributed by atoms with van der Waals surface area (Å²) in [7, 11) is 1.51. The van der Waals surface area contributed by atoms with E-state index in [1.165, 1.54) is 7.05 Å². The Kier molecular flexibility index (Phi) is 3.72. The smallest absolute Gasteiger partial charge is 0.307 e. The lowest BCUT2D eigenvalue weighted by Crippen LogP contribution is -2.23. The molecule has 0 aliphatic heterocycles. The molecule has 112 valence electrons. The van der Waals surface area contributed by atoms with Gasteiger partial charge in [-0.1, -0.05) is 26.0 Å². The number of carbonyl (C=O) groups excluding carboxylic acids is 2. The molecule has 0 unspecified atom stereocenters. The van der Waals surface area contributed by atoms with Gasteiger partial charge in [-0.05, 0) is 17.5 Å². The van der Waals surface area contributed by atoms with Crippen LogP contribution in [0.15, 0.2) is 24.3 Å². The van der Waals surface area contributed by atoms with Crippen molar-refractivity contribution in [2.24, 2.45) is 17.3 Å². The van der Waals surface area contributed by atoms with Crippen molar-refractivity contribution in [3.8, 4) is 0 Å². The van der Waals surface area contributed by atoms with Crippen LogP contribution in [0.3, 0.4) is 0 Å². The fraction of sp³-hybridized carbons (Fsp3) is 0.400. The van der Waals surface area contributed by atoms with Crippen LogP contribution < -0.4 is 10.6 Å². The van der Waals surface area contributed by atoms with Crippen LogP contribution in [0.2, 0.25) is 0 Å². The number of carboxylic acids is 1. The quantitative estimate of drug-likeness (QED) is 0.779. The molecule has 0 spiro atoms. The van der Waals surface area contributed by atoms with Crippen LogP contribution in [-0.2, 0) is 9.59 Å². The average molecular weight is 290 g/mol. The third-order valence-corrected chi connectivity index (χ3v) is 4.03. The highest BCUT2D eigenvalue weighted by Gasteiger charge is 2.65. The van der Waals surface area contributed by atoms with Gasteiger partial charge in [0.15, 0.2) is 0 Å². The van der Waals surface area contributed by atoms with Crippen molar-refractivity contribution in [1.29, 1.82) is 0 Å². The van der Waals surface area contributed by atoms with Crippen molar-refractivity contribution >= 4 is 23.5 Å². The molecule has 21 heavy (non-hydrogen) atoms. The van der Waals surface area contributed by atoms with Crippen molar-refractivity contribution in [3.63, 3.8) is 0 Å². The molecule has 0 radical (unpaired) electrons. The Morgan fingerprint density at radius 3 is 2.29 bits per heavy atom. The van der Waals surface area contributed by atoms with Gasteiger partial charge in [0, 0.05) is 7.05 Å². The molecule has 0 heterocycles. The maximum atomic E-state index is 12.3. The molecule has 0 aromatic heterocycles. The van der Waals surface area contributed by atoms with E-state index in [4.69, 9.17) is 5.11 Å². The number of amides is 2. The van der Waals surface area contributed by atoms with Gasteiger partial charge in [0.1, 0.15) is 0 Å². The SMILES string of the molecule is CNC(=O)c1ccccc1NC(=O)[C@H]1[C@@H](C(=O)O)C1(C)C. The molecule has 2 atom stereocenters. The molecule has 1 aliphatic rings. The van der Waals surface area contributed by atoms with E-state index in [1.54, 1.807) is 38.1 Å². The average Bonchev–Trinajstić information content (AvgIpc) is 3.02. The van der Waals surface area contributed by atoms with Gasteiger partial charge >= 0.3 is 5.97 Å². The zero-order valence-corrected chi connectivity index (χ0v) is 12.1. The standard InChI is InChI=1S/C15H18N2O4/c1-15(2)10(11(15)14(20)21)13(19)17-9-7-5-4-6-8(9)12(18)16-3/h4-7,10-11H,1-3H3,(H,16,18)(H,17,19)(H,20,21)/t10-,11+/m1/s1. The predicted molar refractivity (Wildman–Crippen MR) is 76.9 cm³/mol. The number of hydrogen-bond acceptors (Lipinski definition) is 3. The van der Waals surface area contributed by atoms with Gasteiger partial charge < -0.3 is 15.7 Å². The third kappa shape index (κ3) is 2.61. The minimum absolute atomic E-state index is 0.309. The maximum absolute atomic E-state index is 12.3. The molecule has 2 amide bonds. The highest BCUT2D eigenvalue weighted by atomic mass is 16.4. The minimum atomic E-state index is -0.972. The first-order valence-electron chi connectivity index (χ1n) is 6.65. The zero-order valence-electron chi connectivity index (χ0n) is 12.1. The fourth-order valence-corrected chi connectivity index (χ4v) is 2.72. The lowest BCUT2D eigenvalue weighted by atomic mass is 10.1. The number of rotatable bonds is 4. The monoisotopic (exact) mass is 290 g/mol. The summed E-state index contributed by atoms with van der Waals surface area (Å²) in [6.45, 7) is 3.50. The van der Waals surface area contributed by atoms with E-state index in [0.29, 0.717) is 11.3 Å². The molecule has 2 rings (SSSR count). The molecule has 1 aromatic rings. The van der Waals surface area contributed by atoms with E-state index >= 15 is 0 Å². The van der Waals surface area contributed by atoms with Gasteiger partial charge in [-0.15, -0.1) is 0 Å². The summed E-state index contributed by atoms with van der Waals surface area (Å²) in [5.74, 6) is -2.93. The van der Waals surface area contributed by atoms with Gasteiger partial charge in [0.2, 0.25) is 5.91 Å². The van der Waals surface area contributed by atoms with Gasteiger partial charge in [-0.25, -0.2) is 0 Å². The zero-order chi connectivity index (χ0) is 15.8. The maximum Gasteiger partial charge on any atom is 0.307 e. The summed E-state index contributed by atoms with van der Waals surface area (Å²) in [6, 6.07) is 6.62. The van der Waals surface area contributed by atoms with Crippen LogP contribution in [0.1, 0.15) is 24.2 Å². The third-order valence-electron chi connectivity index (χ3n) is 4.03. The first-order chi connectivity index (χ1) is 9.80. The van der Waals surface area contributed by atoms with E-state index < -0.39 is 23.2 Å². The Labute approximate surface area is 122 Å². The van der Waals surface area contributed by atoms with Crippen molar-refractivity contribution in [1.82, 2.24) is 5.32 Å². The van der Waals surface area contributed by atoms with Crippen molar-refractivity contribution in [2.45, 2.75) is 13.8 Å². The first kappa shape index (κ1) is 15.0. The molecule has 0 saturated heterocycles. The summed E-state index contributed by atoms with van der Waals surface area (Å²) >= 11 is 0. The topological polar surface area (TPSA) is 95.5 Å². The van der Waals surface area contributed by atoms with Crippen LogP contribution in [0, 0.1) is 17.3 Å². The number of aliphatic carboxylic acids is 1. The van der Waals surface area contributed by atoms with Crippen molar-refractivity contribution in [2.75, 3.05) is 12.4 Å². The second-order valence-electron chi connectivity index (χ2n) is 5.73. The second kappa shape index (κ2) is 5.20. The Morgan fingerprint density at radius 1 is 1.14 bits per heavy atom.